The number of halogens is 1. The van der Waals surface area contributed by atoms with E-state index < -0.39 is 0 Å². The lowest BCUT2D eigenvalue weighted by atomic mass is 10.2. The Morgan fingerprint density at radius 2 is 1.83 bits per heavy atom. The summed E-state index contributed by atoms with van der Waals surface area (Å²) in [5.74, 6) is 6.87. The minimum Gasteiger partial charge on any atom is -0.340 e. The van der Waals surface area contributed by atoms with Crippen LogP contribution < -0.4 is 16.6 Å². The molecule has 4 N–H and O–H groups in total. The number of rotatable bonds is 4. The fourth-order valence-corrected chi connectivity index (χ4v) is 2.01. The molecule has 1 aromatic heterocycles. The first-order valence-electron chi connectivity index (χ1n) is 5.57. The maximum atomic E-state index is 5.44. The van der Waals surface area contributed by atoms with Crippen molar-refractivity contribution in [3.63, 3.8) is 0 Å². The Bertz CT molecular complexity index is 526. The summed E-state index contributed by atoms with van der Waals surface area (Å²) < 4.78 is 1.20. The van der Waals surface area contributed by atoms with E-state index in [9.17, 15) is 0 Å². The normalized spacial score (nSPS) is 10.2. The molecule has 2 aromatic rings. The molecular weight excluding hydrogens is 341 g/mol. The Hall–Kier alpha value is -1.41. The molecule has 0 bridgehead atoms. The van der Waals surface area contributed by atoms with Crippen molar-refractivity contribution >= 4 is 39.9 Å². The van der Waals surface area contributed by atoms with Gasteiger partial charge in [0.2, 0.25) is 0 Å². The molecule has 0 amide bonds. The van der Waals surface area contributed by atoms with Gasteiger partial charge in [0, 0.05) is 14.8 Å². The van der Waals surface area contributed by atoms with Gasteiger partial charge in [-0.1, -0.05) is 6.92 Å². The van der Waals surface area contributed by atoms with Crippen molar-refractivity contribution in [3.05, 3.63) is 39.7 Å². The molecule has 0 atom stereocenters. The molecule has 1 heterocycles. The Morgan fingerprint density at radius 1 is 1.17 bits per heavy atom. The van der Waals surface area contributed by atoms with E-state index in [0.717, 1.165) is 23.5 Å². The van der Waals surface area contributed by atoms with Crippen molar-refractivity contribution in [3.8, 4) is 0 Å². The van der Waals surface area contributed by atoms with E-state index in [1.807, 2.05) is 31.2 Å². The molecule has 0 spiro atoms. The van der Waals surface area contributed by atoms with Crippen LogP contribution in [0.2, 0.25) is 0 Å². The quantitative estimate of drug-likeness (QED) is 0.447. The van der Waals surface area contributed by atoms with Gasteiger partial charge in [0.1, 0.15) is 18.0 Å². The summed E-state index contributed by atoms with van der Waals surface area (Å²) in [6, 6.07) is 8.10. The van der Waals surface area contributed by atoms with E-state index >= 15 is 0 Å². The number of hydrogen-bond donors (Lipinski definition) is 3. The molecule has 2 rings (SSSR count). The zero-order chi connectivity index (χ0) is 13.0. The molecule has 6 heteroatoms. The third kappa shape index (κ3) is 2.88. The van der Waals surface area contributed by atoms with Crippen LogP contribution in [-0.4, -0.2) is 9.97 Å². The van der Waals surface area contributed by atoms with Crippen molar-refractivity contribution < 1.29 is 0 Å². The highest BCUT2D eigenvalue weighted by Gasteiger charge is 2.08. The second-order valence-corrected chi connectivity index (χ2v) is 4.92. The van der Waals surface area contributed by atoms with Crippen molar-refractivity contribution in [2.45, 2.75) is 13.3 Å². The van der Waals surface area contributed by atoms with E-state index in [4.69, 9.17) is 5.84 Å². The molecule has 0 radical (unpaired) electrons. The number of nitrogens with one attached hydrogen (secondary N) is 2. The van der Waals surface area contributed by atoms with Crippen LogP contribution in [0.5, 0.6) is 0 Å². The minimum atomic E-state index is 0.653. The summed E-state index contributed by atoms with van der Waals surface area (Å²) in [5.41, 5.74) is 4.55. The molecule has 5 nitrogen and oxygen atoms in total. The third-order valence-corrected chi connectivity index (χ3v) is 3.26. The van der Waals surface area contributed by atoms with Crippen LogP contribution in [0.4, 0.5) is 17.3 Å². The van der Waals surface area contributed by atoms with Crippen molar-refractivity contribution in [1.82, 2.24) is 9.97 Å². The Kier molecular flexibility index (Phi) is 4.32. The molecule has 0 fully saturated rings. The summed E-state index contributed by atoms with van der Waals surface area (Å²) in [6.45, 7) is 2.04. The van der Waals surface area contributed by atoms with Gasteiger partial charge in [-0.15, -0.1) is 0 Å². The second kappa shape index (κ2) is 5.96. The number of nitrogens with zero attached hydrogens (tertiary/aromatic N) is 2. The highest BCUT2D eigenvalue weighted by atomic mass is 127. The highest BCUT2D eigenvalue weighted by molar-refractivity contribution is 14.1. The number of hydrazine groups is 1. The van der Waals surface area contributed by atoms with Crippen LogP contribution in [0.25, 0.3) is 0 Å². The second-order valence-electron chi connectivity index (χ2n) is 3.68. The topological polar surface area (TPSA) is 75.9 Å². The van der Waals surface area contributed by atoms with Gasteiger partial charge in [0.15, 0.2) is 0 Å². The van der Waals surface area contributed by atoms with Crippen LogP contribution in [0, 0.1) is 3.57 Å². The molecule has 0 aliphatic heterocycles. The lowest BCUT2D eigenvalue weighted by Gasteiger charge is -2.12. The predicted molar refractivity (Wildman–Crippen MR) is 81.7 cm³/mol. The van der Waals surface area contributed by atoms with Gasteiger partial charge in [-0.05, 0) is 53.3 Å². The standard InChI is InChI=1S/C12H14IN5/c1-2-10-11(15-7-16-12(10)18-14)17-9-5-3-8(13)4-6-9/h3-7H,2,14H2,1H3,(H2,15,16,17,18). The molecule has 0 aliphatic rings. The van der Waals surface area contributed by atoms with Crippen LogP contribution >= 0.6 is 22.6 Å². The molecule has 0 aliphatic carbocycles. The van der Waals surface area contributed by atoms with Crippen LogP contribution in [0.3, 0.4) is 0 Å². The summed E-state index contributed by atoms with van der Waals surface area (Å²) in [5, 5.41) is 3.28. The average molecular weight is 355 g/mol. The lowest BCUT2D eigenvalue weighted by molar-refractivity contribution is 1.04. The Labute approximate surface area is 119 Å². The Balaban J connectivity index is 2.31. The first-order chi connectivity index (χ1) is 8.74. The van der Waals surface area contributed by atoms with Crippen molar-refractivity contribution in [2.75, 3.05) is 10.7 Å². The fourth-order valence-electron chi connectivity index (χ4n) is 1.65. The van der Waals surface area contributed by atoms with Crippen LogP contribution in [-0.2, 0) is 6.42 Å². The number of aromatic nitrogens is 2. The van der Waals surface area contributed by atoms with Crippen molar-refractivity contribution in [1.29, 1.82) is 0 Å². The van der Waals surface area contributed by atoms with Gasteiger partial charge in [-0.25, -0.2) is 15.8 Å². The van der Waals surface area contributed by atoms with Gasteiger partial charge >= 0.3 is 0 Å². The average Bonchev–Trinajstić information content (AvgIpc) is 2.41. The van der Waals surface area contributed by atoms with Crippen molar-refractivity contribution in [2.24, 2.45) is 5.84 Å². The summed E-state index contributed by atoms with van der Waals surface area (Å²) in [7, 11) is 0. The van der Waals surface area contributed by atoms with Gasteiger partial charge in [0.05, 0.1) is 0 Å². The lowest BCUT2D eigenvalue weighted by Crippen LogP contribution is -2.13. The fraction of sp³-hybridized carbons (Fsp3) is 0.167. The summed E-state index contributed by atoms with van der Waals surface area (Å²) in [4.78, 5) is 8.35. The van der Waals surface area contributed by atoms with Crippen LogP contribution in [0.1, 0.15) is 12.5 Å². The number of benzene rings is 1. The maximum absolute atomic E-state index is 5.44. The maximum Gasteiger partial charge on any atom is 0.148 e. The van der Waals surface area contributed by atoms with E-state index in [0.29, 0.717) is 5.82 Å². The third-order valence-electron chi connectivity index (χ3n) is 2.54. The molecule has 0 saturated heterocycles. The number of anilines is 3. The molecular formula is C12H14IN5. The molecule has 18 heavy (non-hydrogen) atoms. The molecule has 94 valence electrons. The van der Waals surface area contributed by atoms with Gasteiger partial charge in [0.25, 0.3) is 0 Å². The van der Waals surface area contributed by atoms with Gasteiger partial charge < -0.3 is 10.7 Å². The molecule has 1 aromatic carbocycles. The smallest absolute Gasteiger partial charge is 0.148 e. The van der Waals surface area contributed by atoms with E-state index in [1.54, 1.807) is 0 Å². The number of nitrogens with two attached hydrogens (primary N) is 1. The first-order valence-corrected chi connectivity index (χ1v) is 6.65. The summed E-state index contributed by atoms with van der Waals surface area (Å²) in [6.07, 6.45) is 2.29. The van der Waals surface area contributed by atoms with E-state index in [-0.39, 0.29) is 0 Å². The monoisotopic (exact) mass is 355 g/mol. The minimum absolute atomic E-state index is 0.653. The van der Waals surface area contributed by atoms with E-state index in [1.165, 1.54) is 9.90 Å². The molecule has 0 saturated carbocycles. The zero-order valence-electron chi connectivity index (χ0n) is 9.94. The van der Waals surface area contributed by atoms with Crippen LogP contribution in [0.15, 0.2) is 30.6 Å². The largest absolute Gasteiger partial charge is 0.340 e. The molecule has 0 unspecified atom stereocenters. The highest BCUT2D eigenvalue weighted by Crippen LogP contribution is 2.23. The first kappa shape index (κ1) is 13.0. The SMILES string of the molecule is CCc1c(NN)ncnc1Nc1ccc(I)cc1. The predicted octanol–water partition coefficient (Wildman–Crippen LogP) is 2.67. The van der Waals surface area contributed by atoms with Gasteiger partial charge in [-0.2, -0.15) is 0 Å². The summed E-state index contributed by atoms with van der Waals surface area (Å²) >= 11 is 2.27. The number of hydrogen-bond acceptors (Lipinski definition) is 5. The zero-order valence-corrected chi connectivity index (χ0v) is 12.1. The van der Waals surface area contributed by atoms with E-state index in [2.05, 4.69) is 43.3 Å². The Morgan fingerprint density at radius 3 is 2.44 bits per heavy atom. The number of nitrogen functional groups attached to an aromatic ring is 1. The van der Waals surface area contributed by atoms with Gasteiger partial charge in [-0.3, -0.25) is 0 Å².